The molecule has 0 spiro atoms. The third-order valence-corrected chi connectivity index (χ3v) is 6.25. The Morgan fingerprint density at radius 2 is 2.04 bits per heavy atom. The van der Waals surface area contributed by atoms with Crippen LogP contribution in [0.25, 0.3) is 16.6 Å². The molecule has 0 aliphatic carbocycles. The molecule has 0 N–H and O–H groups in total. The smallest absolute Gasteiger partial charge is 0.252 e. The molecule has 0 bridgehead atoms. The number of hydrogen-bond donors (Lipinski definition) is 0. The lowest BCUT2D eigenvalue weighted by atomic mass is 9.84. The number of halogens is 1. The van der Waals surface area contributed by atoms with Crippen molar-refractivity contribution in [3.63, 3.8) is 0 Å². The predicted molar refractivity (Wildman–Crippen MR) is 114 cm³/mol. The van der Waals surface area contributed by atoms with Crippen LogP contribution in [0.2, 0.25) is 0 Å². The highest BCUT2D eigenvalue weighted by molar-refractivity contribution is 9.10. The summed E-state index contributed by atoms with van der Waals surface area (Å²) in [4.78, 5) is 16.0. The van der Waals surface area contributed by atoms with E-state index in [0.717, 1.165) is 35.5 Å². The quantitative estimate of drug-likeness (QED) is 0.466. The average molecular weight is 437 g/mol. The van der Waals surface area contributed by atoms with Crippen molar-refractivity contribution >= 4 is 38.3 Å². The molecule has 1 saturated heterocycles. The summed E-state index contributed by atoms with van der Waals surface area (Å²) in [7, 11) is 0. The normalized spacial score (nSPS) is 20.2. The van der Waals surface area contributed by atoms with Crippen LogP contribution in [0.15, 0.2) is 47.3 Å². The Kier molecular flexibility index (Phi) is 4.27. The number of fused-ring (bicyclic) bond motifs is 2. The molecule has 6 nitrogen and oxygen atoms in total. The van der Waals surface area contributed by atoms with E-state index in [2.05, 4.69) is 73.2 Å². The standard InChI is InChI=1S/C21H21BrN6/c1-13-6-8-27(20-17-10-16(22)4-3-15(17)5-7-23-20)11-18(13)19-9-14(2)26-21-24-12-25-28(19)21/h3-5,7,9-10,12-13,18H,6,8,11H2,1-2H3/t13-,18?/m1/s1. The third-order valence-electron chi connectivity index (χ3n) is 5.75. The van der Waals surface area contributed by atoms with E-state index in [1.54, 1.807) is 6.33 Å². The Labute approximate surface area is 171 Å². The molecule has 1 unspecified atom stereocenters. The zero-order valence-electron chi connectivity index (χ0n) is 15.9. The van der Waals surface area contributed by atoms with Crippen molar-refractivity contribution in [1.29, 1.82) is 0 Å². The number of aryl methyl sites for hydroxylation is 1. The van der Waals surface area contributed by atoms with Gasteiger partial charge < -0.3 is 4.90 Å². The van der Waals surface area contributed by atoms with E-state index in [9.17, 15) is 0 Å². The first-order valence-electron chi connectivity index (χ1n) is 9.56. The molecule has 4 heterocycles. The highest BCUT2D eigenvalue weighted by atomic mass is 79.9. The lowest BCUT2D eigenvalue weighted by molar-refractivity contribution is 0.368. The van der Waals surface area contributed by atoms with E-state index in [1.165, 1.54) is 16.5 Å². The first-order valence-corrected chi connectivity index (χ1v) is 10.4. The van der Waals surface area contributed by atoms with E-state index in [-0.39, 0.29) is 0 Å². The van der Waals surface area contributed by atoms with Gasteiger partial charge in [-0.3, -0.25) is 0 Å². The predicted octanol–water partition coefficient (Wildman–Crippen LogP) is 4.37. The molecule has 0 radical (unpaired) electrons. The summed E-state index contributed by atoms with van der Waals surface area (Å²) in [6, 6.07) is 10.6. The number of benzene rings is 1. The average Bonchev–Trinajstić information content (AvgIpc) is 3.16. The van der Waals surface area contributed by atoms with E-state index in [0.29, 0.717) is 17.6 Å². The van der Waals surface area contributed by atoms with E-state index >= 15 is 0 Å². The minimum Gasteiger partial charge on any atom is -0.355 e. The van der Waals surface area contributed by atoms with Crippen molar-refractivity contribution in [3.8, 4) is 0 Å². The van der Waals surface area contributed by atoms with Crippen molar-refractivity contribution in [2.45, 2.75) is 26.2 Å². The summed E-state index contributed by atoms with van der Waals surface area (Å²) >= 11 is 3.61. The van der Waals surface area contributed by atoms with E-state index < -0.39 is 0 Å². The van der Waals surface area contributed by atoms with Gasteiger partial charge in [0, 0.05) is 40.8 Å². The maximum atomic E-state index is 4.75. The highest BCUT2D eigenvalue weighted by Gasteiger charge is 2.31. The lowest BCUT2D eigenvalue weighted by Crippen LogP contribution is -2.39. The maximum Gasteiger partial charge on any atom is 0.252 e. The fraction of sp³-hybridized carbons (Fsp3) is 0.333. The van der Waals surface area contributed by atoms with Gasteiger partial charge in [0.15, 0.2) is 0 Å². The zero-order chi connectivity index (χ0) is 19.3. The molecule has 1 fully saturated rings. The van der Waals surface area contributed by atoms with Crippen molar-refractivity contribution in [3.05, 3.63) is 58.7 Å². The van der Waals surface area contributed by atoms with Crippen LogP contribution >= 0.6 is 15.9 Å². The van der Waals surface area contributed by atoms with Crippen molar-refractivity contribution in [1.82, 2.24) is 24.6 Å². The molecule has 3 aromatic heterocycles. The summed E-state index contributed by atoms with van der Waals surface area (Å²) in [6.45, 7) is 6.25. The maximum absolute atomic E-state index is 4.75. The van der Waals surface area contributed by atoms with Gasteiger partial charge in [-0.1, -0.05) is 28.9 Å². The summed E-state index contributed by atoms with van der Waals surface area (Å²) in [5, 5.41) is 6.82. The first-order chi connectivity index (χ1) is 13.6. The molecule has 1 aliphatic heterocycles. The monoisotopic (exact) mass is 436 g/mol. The Morgan fingerprint density at radius 1 is 1.14 bits per heavy atom. The van der Waals surface area contributed by atoms with Crippen LogP contribution in [0.4, 0.5) is 5.82 Å². The van der Waals surface area contributed by atoms with Crippen molar-refractivity contribution < 1.29 is 0 Å². The van der Waals surface area contributed by atoms with Gasteiger partial charge in [0.1, 0.15) is 12.1 Å². The largest absolute Gasteiger partial charge is 0.355 e. The number of nitrogens with zero attached hydrogens (tertiary/aromatic N) is 6. The molecule has 4 aromatic rings. The SMILES string of the molecule is Cc1cc(C2CN(c3nccc4ccc(Br)cc34)CC[C@H]2C)n2ncnc2n1. The molecule has 1 aliphatic rings. The van der Waals surface area contributed by atoms with Gasteiger partial charge in [0.25, 0.3) is 5.78 Å². The number of hydrogen-bond acceptors (Lipinski definition) is 5. The van der Waals surface area contributed by atoms with Crippen LogP contribution in [0.1, 0.15) is 30.7 Å². The van der Waals surface area contributed by atoms with Gasteiger partial charge in [0.05, 0.1) is 5.69 Å². The number of anilines is 1. The second-order valence-electron chi connectivity index (χ2n) is 7.61. The van der Waals surface area contributed by atoms with Crippen LogP contribution in [0, 0.1) is 12.8 Å². The van der Waals surface area contributed by atoms with Gasteiger partial charge >= 0.3 is 0 Å². The van der Waals surface area contributed by atoms with E-state index in [4.69, 9.17) is 4.98 Å². The molecule has 0 amide bonds. The van der Waals surface area contributed by atoms with Crippen LogP contribution in [0.3, 0.4) is 0 Å². The Hall–Kier alpha value is -2.54. The molecule has 2 atom stereocenters. The van der Waals surface area contributed by atoms with Crippen LogP contribution < -0.4 is 4.90 Å². The van der Waals surface area contributed by atoms with Crippen LogP contribution in [-0.2, 0) is 0 Å². The zero-order valence-corrected chi connectivity index (χ0v) is 17.5. The van der Waals surface area contributed by atoms with Crippen molar-refractivity contribution in [2.24, 2.45) is 5.92 Å². The van der Waals surface area contributed by atoms with Gasteiger partial charge in [0.2, 0.25) is 0 Å². The summed E-state index contributed by atoms with van der Waals surface area (Å²) < 4.78 is 2.97. The molecule has 28 heavy (non-hydrogen) atoms. The Balaban J connectivity index is 1.58. The molecular formula is C21H21BrN6. The van der Waals surface area contributed by atoms with Gasteiger partial charge in [-0.15, -0.1) is 0 Å². The molecule has 7 heteroatoms. The summed E-state index contributed by atoms with van der Waals surface area (Å²) in [5.41, 5.74) is 2.16. The fourth-order valence-electron chi connectivity index (χ4n) is 4.25. The first kappa shape index (κ1) is 17.6. The second-order valence-corrected chi connectivity index (χ2v) is 8.53. The van der Waals surface area contributed by atoms with Crippen LogP contribution in [0.5, 0.6) is 0 Å². The molecule has 142 valence electrons. The minimum atomic E-state index is 0.337. The lowest BCUT2D eigenvalue weighted by Gasteiger charge is -2.38. The highest BCUT2D eigenvalue weighted by Crippen LogP contribution is 2.36. The molecule has 0 saturated carbocycles. The van der Waals surface area contributed by atoms with Gasteiger partial charge in [-0.05, 0) is 48.9 Å². The molecule has 1 aromatic carbocycles. The Morgan fingerprint density at radius 3 is 2.93 bits per heavy atom. The second kappa shape index (κ2) is 6.81. The van der Waals surface area contributed by atoms with Crippen molar-refractivity contribution in [2.75, 3.05) is 18.0 Å². The number of pyridine rings is 1. The number of rotatable bonds is 2. The Bertz CT molecular complexity index is 1170. The number of aromatic nitrogens is 5. The minimum absolute atomic E-state index is 0.337. The van der Waals surface area contributed by atoms with Crippen LogP contribution in [-0.4, -0.2) is 37.7 Å². The van der Waals surface area contributed by atoms with E-state index in [1.807, 2.05) is 17.6 Å². The summed E-state index contributed by atoms with van der Waals surface area (Å²) in [6.07, 6.45) is 4.60. The fourth-order valence-corrected chi connectivity index (χ4v) is 4.61. The molecular weight excluding hydrogens is 416 g/mol. The molecule has 5 rings (SSSR count). The third kappa shape index (κ3) is 2.94. The van der Waals surface area contributed by atoms with Gasteiger partial charge in [-0.25, -0.2) is 14.5 Å². The summed E-state index contributed by atoms with van der Waals surface area (Å²) in [5.74, 6) is 2.61. The number of piperidine rings is 1. The van der Waals surface area contributed by atoms with Gasteiger partial charge in [-0.2, -0.15) is 10.1 Å². The topological polar surface area (TPSA) is 59.2 Å².